The van der Waals surface area contributed by atoms with Gasteiger partial charge in [0, 0.05) is 17.4 Å². The van der Waals surface area contributed by atoms with Gasteiger partial charge in [-0.25, -0.2) is 4.79 Å². The molecule has 2 fully saturated rings. The van der Waals surface area contributed by atoms with Crippen molar-refractivity contribution < 1.29 is 14.6 Å². The van der Waals surface area contributed by atoms with Crippen LogP contribution < -0.4 is 5.32 Å². The molecule has 5 rings (SSSR count). The molecule has 3 aliphatic carbocycles. The lowest BCUT2D eigenvalue weighted by atomic mass is 9.52. The van der Waals surface area contributed by atoms with Crippen LogP contribution >= 0.6 is 0 Å². The van der Waals surface area contributed by atoms with E-state index in [1.165, 1.54) is 22.3 Å². The molecule has 4 heteroatoms. The van der Waals surface area contributed by atoms with E-state index in [9.17, 15) is 9.90 Å². The van der Waals surface area contributed by atoms with Gasteiger partial charge in [0.25, 0.3) is 0 Å². The molecule has 3 aliphatic rings. The van der Waals surface area contributed by atoms with E-state index in [4.69, 9.17) is 4.74 Å². The van der Waals surface area contributed by atoms with Gasteiger partial charge in [-0.15, -0.1) is 0 Å². The second-order valence-corrected chi connectivity index (χ2v) is 7.99. The zero-order chi connectivity index (χ0) is 17.7. The van der Waals surface area contributed by atoms with Gasteiger partial charge in [0.2, 0.25) is 0 Å². The fourth-order valence-corrected chi connectivity index (χ4v) is 4.99. The van der Waals surface area contributed by atoms with Gasteiger partial charge in [0.05, 0.1) is 6.10 Å². The highest BCUT2D eigenvalue weighted by Crippen LogP contribution is 2.55. The quantitative estimate of drug-likeness (QED) is 0.885. The third-order valence-corrected chi connectivity index (χ3v) is 6.59. The summed E-state index contributed by atoms with van der Waals surface area (Å²) in [4.78, 5) is 12.2. The second-order valence-electron chi connectivity index (χ2n) is 7.99. The number of carbonyl (C=O) groups is 1. The monoisotopic (exact) mass is 349 g/mol. The fraction of sp³-hybridized carbons (Fsp3) is 0.409. The van der Waals surface area contributed by atoms with E-state index in [0.717, 1.165) is 25.7 Å². The molecule has 0 aliphatic heterocycles. The highest BCUT2D eigenvalue weighted by molar-refractivity contribution is 5.79. The number of hydrogen-bond acceptors (Lipinski definition) is 3. The molecule has 0 radical (unpaired) electrons. The molecule has 1 unspecified atom stereocenters. The van der Waals surface area contributed by atoms with Crippen molar-refractivity contribution in [2.24, 2.45) is 5.41 Å². The first kappa shape index (κ1) is 15.9. The van der Waals surface area contributed by atoms with E-state index < -0.39 is 0 Å². The lowest BCUT2D eigenvalue weighted by molar-refractivity contribution is -0.129. The molecule has 2 saturated carbocycles. The number of rotatable bonds is 3. The maximum absolute atomic E-state index is 12.2. The summed E-state index contributed by atoms with van der Waals surface area (Å²) in [6.45, 7) is 0.348. The second kappa shape index (κ2) is 5.85. The lowest BCUT2D eigenvalue weighted by Crippen LogP contribution is -2.60. The highest BCUT2D eigenvalue weighted by Gasteiger charge is 2.55. The van der Waals surface area contributed by atoms with E-state index >= 15 is 0 Å². The number of nitrogens with one attached hydrogen (secondary N) is 1. The molecular weight excluding hydrogens is 326 g/mol. The van der Waals surface area contributed by atoms with Crippen LogP contribution in [0.15, 0.2) is 48.5 Å². The fourth-order valence-electron chi connectivity index (χ4n) is 4.99. The number of aliphatic hydroxyl groups is 1. The molecule has 2 aromatic rings. The molecule has 4 nitrogen and oxygen atoms in total. The Balaban J connectivity index is 1.22. The Bertz CT molecular complexity index is 810. The normalized spacial score (nSPS) is 28.7. The molecule has 0 saturated heterocycles. The Morgan fingerprint density at radius 2 is 1.69 bits per heavy atom. The van der Waals surface area contributed by atoms with Crippen LogP contribution in [0, 0.1) is 5.41 Å². The molecule has 1 amide bonds. The van der Waals surface area contributed by atoms with Gasteiger partial charge in [0.15, 0.2) is 0 Å². The van der Waals surface area contributed by atoms with Crippen LogP contribution in [-0.4, -0.2) is 30.0 Å². The molecule has 0 aromatic heterocycles. The first-order valence-electron chi connectivity index (χ1n) is 9.46. The van der Waals surface area contributed by atoms with Crippen molar-refractivity contribution in [1.82, 2.24) is 5.32 Å². The van der Waals surface area contributed by atoms with E-state index in [0.29, 0.717) is 6.61 Å². The summed E-state index contributed by atoms with van der Waals surface area (Å²) in [7, 11) is 0. The van der Waals surface area contributed by atoms with Crippen LogP contribution in [-0.2, 0) is 4.74 Å². The third-order valence-electron chi connectivity index (χ3n) is 6.59. The maximum Gasteiger partial charge on any atom is 0.407 e. The van der Waals surface area contributed by atoms with E-state index in [2.05, 4.69) is 29.6 Å². The van der Waals surface area contributed by atoms with Gasteiger partial charge in [0.1, 0.15) is 6.61 Å². The minimum Gasteiger partial charge on any atom is -0.449 e. The number of aliphatic hydroxyl groups excluding tert-OH is 1. The van der Waals surface area contributed by atoms with Crippen molar-refractivity contribution >= 4 is 6.09 Å². The standard InChI is InChI=1S/C22H23NO3/c24-20-9-10-22(20)11-14(12-22)23-21(25)26-13-19-17-7-3-1-5-15(17)16-6-2-4-8-18(16)19/h1-8,14,19-20,24H,9-13H2,(H,23,25). The zero-order valence-electron chi connectivity index (χ0n) is 14.7. The van der Waals surface area contributed by atoms with Crippen LogP contribution in [0.5, 0.6) is 0 Å². The topological polar surface area (TPSA) is 58.6 Å². The smallest absolute Gasteiger partial charge is 0.407 e. The number of carbonyl (C=O) groups excluding carboxylic acids is 1. The Labute approximate surface area is 153 Å². The number of alkyl carbamates (subject to hydrolysis) is 1. The number of hydrogen-bond donors (Lipinski definition) is 2. The predicted molar refractivity (Wildman–Crippen MR) is 98.9 cm³/mol. The average Bonchev–Trinajstić information content (AvgIpc) is 2.95. The summed E-state index contributed by atoms with van der Waals surface area (Å²) in [6, 6.07) is 16.8. The number of fused-ring (bicyclic) bond motifs is 3. The van der Waals surface area contributed by atoms with Gasteiger partial charge in [-0.2, -0.15) is 0 Å². The van der Waals surface area contributed by atoms with Crippen LogP contribution in [0.1, 0.15) is 42.7 Å². The molecule has 1 atom stereocenters. The summed E-state index contributed by atoms with van der Waals surface area (Å²) in [6.07, 6.45) is 3.20. The third kappa shape index (κ3) is 2.36. The van der Waals surface area contributed by atoms with E-state index in [1.807, 2.05) is 24.3 Å². The van der Waals surface area contributed by atoms with Gasteiger partial charge < -0.3 is 15.2 Å². The van der Waals surface area contributed by atoms with Gasteiger partial charge in [-0.1, -0.05) is 48.5 Å². The van der Waals surface area contributed by atoms with E-state index in [1.54, 1.807) is 0 Å². The SMILES string of the molecule is O=C(NC1CC2(CCC2O)C1)OCC1c2ccccc2-c2ccccc21. The van der Waals surface area contributed by atoms with Crippen LogP contribution in [0.25, 0.3) is 11.1 Å². The lowest BCUT2D eigenvalue weighted by Gasteiger charge is -2.57. The van der Waals surface area contributed by atoms with Crippen LogP contribution in [0.4, 0.5) is 4.79 Å². The molecule has 1 spiro atoms. The number of ether oxygens (including phenoxy) is 1. The summed E-state index contributed by atoms with van der Waals surface area (Å²) < 4.78 is 5.58. The minimum absolute atomic E-state index is 0.0846. The van der Waals surface area contributed by atoms with Gasteiger partial charge >= 0.3 is 6.09 Å². The minimum atomic E-state index is -0.347. The van der Waals surface area contributed by atoms with Crippen LogP contribution in [0.2, 0.25) is 0 Å². The summed E-state index contributed by atoms with van der Waals surface area (Å²) >= 11 is 0. The van der Waals surface area contributed by atoms with Crippen molar-refractivity contribution in [2.45, 2.75) is 43.7 Å². The molecule has 0 heterocycles. The van der Waals surface area contributed by atoms with Crippen molar-refractivity contribution in [3.05, 3.63) is 59.7 Å². The van der Waals surface area contributed by atoms with Crippen molar-refractivity contribution in [3.63, 3.8) is 0 Å². The highest BCUT2D eigenvalue weighted by atomic mass is 16.5. The van der Waals surface area contributed by atoms with Crippen molar-refractivity contribution in [2.75, 3.05) is 6.61 Å². The first-order valence-corrected chi connectivity index (χ1v) is 9.46. The number of amides is 1. The number of benzene rings is 2. The summed E-state index contributed by atoms with van der Waals surface area (Å²) in [5, 5.41) is 12.8. The Morgan fingerprint density at radius 1 is 1.08 bits per heavy atom. The molecule has 2 N–H and O–H groups in total. The Morgan fingerprint density at radius 3 is 2.23 bits per heavy atom. The Hall–Kier alpha value is -2.33. The molecule has 2 aromatic carbocycles. The summed E-state index contributed by atoms with van der Waals surface area (Å²) in [5.74, 6) is 0.0920. The van der Waals surface area contributed by atoms with Gasteiger partial charge in [-0.3, -0.25) is 0 Å². The maximum atomic E-state index is 12.2. The molecule has 26 heavy (non-hydrogen) atoms. The Kier molecular flexibility index (Phi) is 3.57. The first-order chi connectivity index (χ1) is 12.7. The molecule has 0 bridgehead atoms. The van der Waals surface area contributed by atoms with E-state index in [-0.39, 0.29) is 29.6 Å². The molecule has 134 valence electrons. The molecular formula is C22H23NO3. The largest absolute Gasteiger partial charge is 0.449 e. The predicted octanol–water partition coefficient (Wildman–Crippen LogP) is 3.83. The van der Waals surface area contributed by atoms with Crippen molar-refractivity contribution in [1.29, 1.82) is 0 Å². The summed E-state index contributed by atoms with van der Waals surface area (Å²) in [5.41, 5.74) is 5.00. The van der Waals surface area contributed by atoms with Crippen LogP contribution in [0.3, 0.4) is 0 Å². The average molecular weight is 349 g/mol. The zero-order valence-corrected chi connectivity index (χ0v) is 14.7. The van der Waals surface area contributed by atoms with Crippen molar-refractivity contribution in [3.8, 4) is 11.1 Å². The van der Waals surface area contributed by atoms with Gasteiger partial charge in [-0.05, 0) is 47.9 Å².